The molecule has 1 fully saturated rings. The largest absolute Gasteiger partial charge is 0.380 e. The number of imidazole rings is 1. The third kappa shape index (κ3) is 2.65. The summed E-state index contributed by atoms with van der Waals surface area (Å²) in [7, 11) is 1.66. The number of aromatic amines is 1. The molecule has 2 atom stereocenters. The lowest BCUT2D eigenvalue weighted by Crippen LogP contribution is -2.30. The molecule has 6 nitrogen and oxygen atoms in total. The van der Waals surface area contributed by atoms with Crippen molar-refractivity contribution in [2.24, 2.45) is 0 Å². The number of methoxy groups -OCH3 is 1. The predicted molar refractivity (Wildman–Crippen MR) is 81.9 cm³/mol. The van der Waals surface area contributed by atoms with Crippen molar-refractivity contribution in [3.8, 4) is 11.3 Å². The molecule has 3 rings (SSSR count). The third-order valence-corrected chi connectivity index (χ3v) is 3.94. The van der Waals surface area contributed by atoms with Crippen molar-refractivity contribution >= 4 is 5.91 Å². The normalized spacial score (nSPS) is 21.0. The van der Waals surface area contributed by atoms with Crippen molar-refractivity contribution in [2.75, 3.05) is 13.7 Å². The van der Waals surface area contributed by atoms with Gasteiger partial charge in [-0.2, -0.15) is 0 Å². The standard InChI is InChI=1S/C16H18N4O2/c1-3-15(21)20-10-12(22-2)7-14(20)16-18-9-13(19-16)11-5-4-6-17-8-11/h3-6,8-9,12,14H,1,7,10H2,2H3,(H,18,19)/t12-,14+/m0/s1. The fourth-order valence-corrected chi connectivity index (χ4v) is 2.76. The monoisotopic (exact) mass is 298 g/mol. The van der Waals surface area contributed by atoms with Crippen LogP contribution in [0.4, 0.5) is 0 Å². The average molecular weight is 298 g/mol. The van der Waals surface area contributed by atoms with Gasteiger partial charge in [0.05, 0.1) is 24.0 Å². The maximum Gasteiger partial charge on any atom is 0.246 e. The summed E-state index contributed by atoms with van der Waals surface area (Å²) in [5.41, 5.74) is 1.85. The number of hydrogen-bond acceptors (Lipinski definition) is 4. The quantitative estimate of drug-likeness (QED) is 0.876. The van der Waals surface area contributed by atoms with E-state index in [1.54, 1.807) is 30.6 Å². The van der Waals surface area contributed by atoms with Crippen LogP contribution in [0.15, 0.2) is 43.4 Å². The van der Waals surface area contributed by atoms with Gasteiger partial charge in [-0.1, -0.05) is 6.58 Å². The number of rotatable bonds is 4. The van der Waals surface area contributed by atoms with Crippen LogP contribution in [0.2, 0.25) is 0 Å². The van der Waals surface area contributed by atoms with Crippen molar-refractivity contribution in [3.63, 3.8) is 0 Å². The minimum Gasteiger partial charge on any atom is -0.380 e. The number of nitrogens with zero attached hydrogens (tertiary/aromatic N) is 3. The fourth-order valence-electron chi connectivity index (χ4n) is 2.76. The molecule has 1 aliphatic heterocycles. The van der Waals surface area contributed by atoms with Crippen LogP contribution >= 0.6 is 0 Å². The highest BCUT2D eigenvalue weighted by molar-refractivity contribution is 5.87. The number of aromatic nitrogens is 3. The zero-order valence-corrected chi connectivity index (χ0v) is 12.4. The Hall–Kier alpha value is -2.47. The van der Waals surface area contributed by atoms with Gasteiger partial charge in [0.2, 0.25) is 5.91 Å². The SMILES string of the molecule is C=CC(=O)N1C[C@@H](OC)C[C@@H]1c1ncc(-c2cccnc2)[nH]1. The third-order valence-electron chi connectivity index (χ3n) is 3.94. The van der Waals surface area contributed by atoms with Crippen LogP contribution in [0.3, 0.4) is 0 Å². The first-order chi connectivity index (χ1) is 10.7. The number of ether oxygens (including phenoxy) is 1. The van der Waals surface area contributed by atoms with Gasteiger partial charge in [0.1, 0.15) is 5.82 Å². The van der Waals surface area contributed by atoms with E-state index in [0.717, 1.165) is 23.5 Å². The number of H-pyrrole nitrogens is 1. The lowest BCUT2D eigenvalue weighted by molar-refractivity contribution is -0.127. The molecule has 0 bridgehead atoms. The Bertz CT molecular complexity index is 668. The van der Waals surface area contributed by atoms with Crippen LogP contribution in [0.1, 0.15) is 18.3 Å². The van der Waals surface area contributed by atoms with Crippen LogP contribution in [0.25, 0.3) is 11.3 Å². The van der Waals surface area contributed by atoms with Gasteiger partial charge in [-0.3, -0.25) is 9.78 Å². The molecule has 1 aliphatic rings. The number of hydrogen-bond donors (Lipinski definition) is 1. The molecule has 0 saturated carbocycles. The van der Waals surface area contributed by atoms with Crippen molar-refractivity contribution in [1.82, 2.24) is 19.9 Å². The number of pyridine rings is 1. The molecule has 0 unspecified atom stereocenters. The van der Waals surface area contributed by atoms with Gasteiger partial charge in [-0.15, -0.1) is 0 Å². The Labute approximate surface area is 128 Å². The van der Waals surface area contributed by atoms with E-state index < -0.39 is 0 Å². The topological polar surface area (TPSA) is 71.1 Å². The summed E-state index contributed by atoms with van der Waals surface area (Å²) < 4.78 is 5.40. The number of carbonyl (C=O) groups excluding carboxylic acids is 1. The van der Waals surface area contributed by atoms with Crippen LogP contribution in [-0.4, -0.2) is 45.5 Å². The molecule has 0 spiro atoms. The molecule has 114 valence electrons. The van der Waals surface area contributed by atoms with E-state index in [-0.39, 0.29) is 18.1 Å². The summed E-state index contributed by atoms with van der Waals surface area (Å²) >= 11 is 0. The summed E-state index contributed by atoms with van der Waals surface area (Å²) in [5, 5.41) is 0. The Morgan fingerprint density at radius 3 is 3.09 bits per heavy atom. The number of carbonyl (C=O) groups is 1. The first-order valence-electron chi connectivity index (χ1n) is 7.14. The average Bonchev–Trinajstić information content (AvgIpc) is 3.21. The molecule has 2 aromatic heterocycles. The lowest BCUT2D eigenvalue weighted by Gasteiger charge is -2.21. The van der Waals surface area contributed by atoms with E-state index in [2.05, 4.69) is 21.5 Å². The predicted octanol–water partition coefficient (Wildman–Crippen LogP) is 1.95. The smallest absolute Gasteiger partial charge is 0.246 e. The molecule has 0 aromatic carbocycles. The van der Waals surface area contributed by atoms with Gasteiger partial charge in [0.15, 0.2) is 0 Å². The zero-order valence-electron chi connectivity index (χ0n) is 12.4. The highest BCUT2D eigenvalue weighted by atomic mass is 16.5. The van der Waals surface area contributed by atoms with Crippen molar-refractivity contribution < 1.29 is 9.53 Å². The van der Waals surface area contributed by atoms with Crippen LogP contribution in [0.5, 0.6) is 0 Å². The van der Waals surface area contributed by atoms with Gasteiger partial charge in [-0.25, -0.2) is 4.98 Å². The summed E-state index contributed by atoms with van der Waals surface area (Å²) in [6.07, 6.45) is 7.33. The number of amides is 1. The fraction of sp³-hybridized carbons (Fsp3) is 0.312. The first kappa shape index (κ1) is 14.5. The molecular formula is C16H18N4O2. The van der Waals surface area contributed by atoms with Crippen LogP contribution < -0.4 is 0 Å². The molecule has 0 aliphatic carbocycles. The van der Waals surface area contributed by atoms with E-state index in [4.69, 9.17) is 4.74 Å². The summed E-state index contributed by atoms with van der Waals surface area (Å²) in [6, 6.07) is 3.71. The highest BCUT2D eigenvalue weighted by Gasteiger charge is 2.37. The second-order valence-corrected chi connectivity index (χ2v) is 5.23. The van der Waals surface area contributed by atoms with Gasteiger partial charge < -0.3 is 14.6 Å². The minimum absolute atomic E-state index is 0.0147. The first-order valence-corrected chi connectivity index (χ1v) is 7.14. The molecule has 3 heterocycles. The Balaban J connectivity index is 1.88. The zero-order chi connectivity index (χ0) is 15.5. The molecule has 1 saturated heterocycles. The molecule has 6 heteroatoms. The van der Waals surface area contributed by atoms with Crippen LogP contribution in [0, 0.1) is 0 Å². The Morgan fingerprint density at radius 2 is 2.41 bits per heavy atom. The van der Waals surface area contributed by atoms with E-state index in [0.29, 0.717) is 6.54 Å². The summed E-state index contributed by atoms with van der Waals surface area (Å²) in [4.78, 5) is 25.6. The maximum atomic E-state index is 12.0. The second kappa shape index (κ2) is 6.11. The lowest BCUT2D eigenvalue weighted by atomic mass is 10.2. The Kier molecular flexibility index (Phi) is 4.02. The van der Waals surface area contributed by atoms with Gasteiger partial charge in [0.25, 0.3) is 0 Å². The highest BCUT2D eigenvalue weighted by Crippen LogP contribution is 2.32. The molecule has 22 heavy (non-hydrogen) atoms. The van der Waals surface area contributed by atoms with Gasteiger partial charge >= 0.3 is 0 Å². The molecule has 1 amide bonds. The molecule has 0 radical (unpaired) electrons. The van der Waals surface area contributed by atoms with Crippen LogP contribution in [-0.2, 0) is 9.53 Å². The van der Waals surface area contributed by atoms with E-state index >= 15 is 0 Å². The van der Waals surface area contributed by atoms with Crippen molar-refractivity contribution in [3.05, 3.63) is 49.2 Å². The second-order valence-electron chi connectivity index (χ2n) is 5.23. The minimum atomic E-state index is -0.124. The van der Waals surface area contributed by atoms with E-state index in [9.17, 15) is 4.79 Å². The maximum absolute atomic E-state index is 12.0. The molecule has 2 aromatic rings. The van der Waals surface area contributed by atoms with Crippen molar-refractivity contribution in [1.29, 1.82) is 0 Å². The van der Waals surface area contributed by atoms with E-state index in [1.165, 1.54) is 6.08 Å². The summed E-state index contributed by atoms with van der Waals surface area (Å²) in [6.45, 7) is 4.12. The van der Waals surface area contributed by atoms with Gasteiger partial charge in [0, 0.05) is 38.0 Å². The van der Waals surface area contributed by atoms with Gasteiger partial charge in [-0.05, 0) is 18.2 Å². The Morgan fingerprint density at radius 1 is 1.55 bits per heavy atom. The molecular weight excluding hydrogens is 280 g/mol. The summed E-state index contributed by atoms with van der Waals surface area (Å²) in [5.74, 6) is 0.650. The molecule has 1 N–H and O–H groups in total. The van der Waals surface area contributed by atoms with Crippen molar-refractivity contribution in [2.45, 2.75) is 18.6 Å². The number of nitrogens with one attached hydrogen (secondary N) is 1. The van der Waals surface area contributed by atoms with E-state index in [1.807, 2.05) is 12.1 Å². The number of likely N-dealkylation sites (tertiary alicyclic amines) is 1.